The van der Waals surface area contributed by atoms with Gasteiger partial charge >= 0.3 is 0 Å². The number of hydrogen-bond acceptors (Lipinski definition) is 4. The summed E-state index contributed by atoms with van der Waals surface area (Å²) < 4.78 is 19.2. The molecule has 3 aromatic rings. The summed E-state index contributed by atoms with van der Waals surface area (Å²) >= 11 is 7.42. The molecular formula is C21H18ClFN2O2S. The number of hydrogen-bond donors (Lipinski definition) is 1. The van der Waals surface area contributed by atoms with Crippen LogP contribution in [-0.4, -0.2) is 18.0 Å². The highest BCUT2D eigenvalue weighted by atomic mass is 35.5. The van der Waals surface area contributed by atoms with E-state index < -0.39 is 5.41 Å². The number of carbonyl (C=O) groups excluding carboxylic acids is 1. The molecule has 1 aliphatic rings. The van der Waals surface area contributed by atoms with Gasteiger partial charge in [0.25, 0.3) is 0 Å². The van der Waals surface area contributed by atoms with Crippen molar-refractivity contribution in [2.45, 2.75) is 24.7 Å². The van der Waals surface area contributed by atoms with E-state index in [4.69, 9.17) is 16.3 Å². The molecule has 0 saturated heterocycles. The van der Waals surface area contributed by atoms with Crippen LogP contribution in [0.3, 0.4) is 0 Å². The Hall–Kier alpha value is -2.44. The van der Waals surface area contributed by atoms with E-state index in [2.05, 4.69) is 10.3 Å². The van der Waals surface area contributed by atoms with Crippen molar-refractivity contribution in [2.75, 3.05) is 12.4 Å². The number of halogens is 2. The number of nitrogens with one attached hydrogen (secondary N) is 1. The Bertz CT molecular complexity index is 995. The quantitative estimate of drug-likeness (QED) is 0.600. The molecular weight excluding hydrogens is 399 g/mol. The van der Waals surface area contributed by atoms with Crippen molar-refractivity contribution in [2.24, 2.45) is 0 Å². The maximum Gasteiger partial charge on any atom is 0.236 e. The average Bonchev–Trinajstić information content (AvgIpc) is 3.40. The van der Waals surface area contributed by atoms with E-state index in [-0.39, 0.29) is 11.7 Å². The maximum atomic E-state index is 14.0. The van der Waals surface area contributed by atoms with Crippen LogP contribution in [0.2, 0.25) is 5.02 Å². The molecule has 1 aromatic heterocycles. The monoisotopic (exact) mass is 416 g/mol. The van der Waals surface area contributed by atoms with Gasteiger partial charge in [0.1, 0.15) is 11.6 Å². The van der Waals surface area contributed by atoms with Gasteiger partial charge in [-0.15, -0.1) is 11.3 Å². The minimum absolute atomic E-state index is 0.0671. The second-order valence-electron chi connectivity index (χ2n) is 6.77. The second kappa shape index (κ2) is 7.53. The fraction of sp³-hybridized carbons (Fsp3) is 0.238. The van der Waals surface area contributed by atoms with Crippen molar-refractivity contribution in [1.29, 1.82) is 0 Å². The maximum absolute atomic E-state index is 14.0. The molecule has 1 fully saturated rings. The Morgan fingerprint density at radius 3 is 2.68 bits per heavy atom. The number of ether oxygens (including phenoxy) is 1. The van der Waals surface area contributed by atoms with E-state index in [9.17, 15) is 9.18 Å². The summed E-state index contributed by atoms with van der Waals surface area (Å²) in [6.07, 6.45) is 3.58. The molecule has 144 valence electrons. The molecule has 0 atom stereocenters. The molecule has 0 radical (unpaired) electrons. The molecule has 1 N–H and O–H groups in total. The summed E-state index contributed by atoms with van der Waals surface area (Å²) in [6.45, 7) is 0. The number of thiazole rings is 1. The van der Waals surface area contributed by atoms with Crippen LogP contribution in [0.4, 0.5) is 9.52 Å². The molecule has 4 nitrogen and oxygen atoms in total. The van der Waals surface area contributed by atoms with Crippen LogP contribution in [0.5, 0.6) is 5.75 Å². The van der Waals surface area contributed by atoms with Gasteiger partial charge in [-0.1, -0.05) is 29.8 Å². The average molecular weight is 417 g/mol. The summed E-state index contributed by atoms with van der Waals surface area (Å²) in [5, 5.41) is 3.81. The fourth-order valence-corrected chi connectivity index (χ4v) is 4.27. The summed E-state index contributed by atoms with van der Waals surface area (Å²) in [5.74, 6) is 0.349. The first kappa shape index (κ1) is 18.9. The van der Waals surface area contributed by atoms with E-state index in [1.165, 1.54) is 17.4 Å². The van der Waals surface area contributed by atoms with E-state index >= 15 is 0 Å². The number of aromatic nitrogens is 1. The van der Waals surface area contributed by atoms with Gasteiger partial charge in [-0.05, 0) is 42.7 Å². The van der Waals surface area contributed by atoms with E-state index in [0.717, 1.165) is 29.0 Å². The summed E-state index contributed by atoms with van der Waals surface area (Å²) in [7, 11) is 1.61. The smallest absolute Gasteiger partial charge is 0.236 e. The van der Waals surface area contributed by atoms with Crippen molar-refractivity contribution >= 4 is 34.0 Å². The molecule has 4 rings (SSSR count). The van der Waals surface area contributed by atoms with Gasteiger partial charge in [0.05, 0.1) is 12.5 Å². The van der Waals surface area contributed by atoms with Gasteiger partial charge in [-0.3, -0.25) is 4.79 Å². The number of rotatable bonds is 6. The van der Waals surface area contributed by atoms with Crippen LogP contribution in [0.25, 0.3) is 0 Å². The highest BCUT2D eigenvalue weighted by Crippen LogP contribution is 2.49. The molecule has 0 bridgehead atoms. The second-order valence-corrected chi connectivity index (χ2v) is 8.30. The van der Waals surface area contributed by atoms with Gasteiger partial charge in [0.2, 0.25) is 5.91 Å². The van der Waals surface area contributed by atoms with Gasteiger partial charge in [0.15, 0.2) is 5.13 Å². The predicted molar refractivity (Wildman–Crippen MR) is 109 cm³/mol. The first-order chi connectivity index (χ1) is 13.5. The van der Waals surface area contributed by atoms with Crippen LogP contribution in [0.1, 0.15) is 28.8 Å². The zero-order valence-electron chi connectivity index (χ0n) is 15.2. The molecule has 1 saturated carbocycles. The van der Waals surface area contributed by atoms with Crippen LogP contribution >= 0.6 is 22.9 Å². The van der Waals surface area contributed by atoms with Crippen LogP contribution in [-0.2, 0) is 16.6 Å². The molecule has 0 spiro atoms. The van der Waals surface area contributed by atoms with Crippen molar-refractivity contribution in [3.8, 4) is 5.75 Å². The van der Waals surface area contributed by atoms with Crippen LogP contribution in [0, 0.1) is 5.82 Å². The van der Waals surface area contributed by atoms with Crippen LogP contribution < -0.4 is 10.1 Å². The molecule has 0 aliphatic heterocycles. The standard InChI is InChI=1S/C21H18ClFN2O2S/c1-27-14-7-5-13(6-8-14)21(9-10-21)19(26)25-20-24-12-15(28-20)11-16-17(22)3-2-4-18(16)23/h2-8,12H,9-11H2,1H3,(H,24,25,26). The molecule has 2 aromatic carbocycles. The summed E-state index contributed by atoms with van der Waals surface area (Å²) in [4.78, 5) is 18.0. The highest BCUT2D eigenvalue weighted by Gasteiger charge is 2.51. The molecule has 1 amide bonds. The SMILES string of the molecule is COc1ccc(C2(C(=O)Nc3ncc(Cc4c(F)cccc4Cl)s3)CC2)cc1. The Morgan fingerprint density at radius 2 is 2.04 bits per heavy atom. The Morgan fingerprint density at radius 1 is 1.29 bits per heavy atom. The van der Waals surface area contributed by atoms with Crippen molar-refractivity contribution in [3.05, 3.63) is 75.5 Å². The predicted octanol–water partition coefficient (Wildman–Crippen LogP) is 5.21. The summed E-state index contributed by atoms with van der Waals surface area (Å²) in [5.41, 5.74) is 0.899. The number of anilines is 1. The number of nitrogens with zero attached hydrogens (tertiary/aromatic N) is 1. The zero-order chi connectivity index (χ0) is 19.7. The van der Waals surface area contributed by atoms with E-state index in [1.54, 1.807) is 25.4 Å². The Balaban J connectivity index is 1.47. The normalized spacial score (nSPS) is 14.5. The van der Waals surface area contributed by atoms with Crippen LogP contribution in [0.15, 0.2) is 48.7 Å². The Labute approximate surface area is 171 Å². The Kier molecular flexibility index (Phi) is 5.08. The molecule has 1 aliphatic carbocycles. The van der Waals surface area contributed by atoms with E-state index in [1.807, 2.05) is 24.3 Å². The number of methoxy groups -OCH3 is 1. The third-order valence-electron chi connectivity index (χ3n) is 5.01. The van der Waals surface area contributed by atoms with Gasteiger partial charge in [-0.2, -0.15) is 0 Å². The lowest BCUT2D eigenvalue weighted by molar-refractivity contribution is -0.118. The highest BCUT2D eigenvalue weighted by molar-refractivity contribution is 7.15. The van der Waals surface area contributed by atoms with E-state index in [0.29, 0.717) is 22.1 Å². The number of benzene rings is 2. The molecule has 7 heteroatoms. The number of carbonyl (C=O) groups is 1. The topological polar surface area (TPSA) is 51.2 Å². The largest absolute Gasteiger partial charge is 0.497 e. The summed E-state index contributed by atoms with van der Waals surface area (Å²) in [6, 6.07) is 12.2. The van der Waals surface area contributed by atoms with Crippen molar-refractivity contribution in [3.63, 3.8) is 0 Å². The lowest BCUT2D eigenvalue weighted by Crippen LogP contribution is -2.27. The third-order valence-corrected chi connectivity index (χ3v) is 6.28. The molecule has 0 unspecified atom stereocenters. The van der Waals surface area contributed by atoms with Gasteiger partial charge in [0, 0.05) is 28.1 Å². The van der Waals surface area contributed by atoms with Crippen molar-refractivity contribution in [1.82, 2.24) is 4.98 Å². The minimum Gasteiger partial charge on any atom is -0.497 e. The lowest BCUT2D eigenvalue weighted by Gasteiger charge is -2.15. The first-order valence-electron chi connectivity index (χ1n) is 8.85. The zero-order valence-corrected chi connectivity index (χ0v) is 16.7. The van der Waals surface area contributed by atoms with Gasteiger partial charge in [-0.25, -0.2) is 9.37 Å². The van der Waals surface area contributed by atoms with Gasteiger partial charge < -0.3 is 10.1 Å². The first-order valence-corrected chi connectivity index (χ1v) is 10.0. The lowest BCUT2D eigenvalue weighted by atomic mass is 9.95. The fourth-order valence-electron chi connectivity index (χ4n) is 3.22. The van der Waals surface area contributed by atoms with Crippen molar-refractivity contribution < 1.29 is 13.9 Å². The molecule has 1 heterocycles. The minimum atomic E-state index is -0.507. The third kappa shape index (κ3) is 3.62. The number of amides is 1. The molecule has 28 heavy (non-hydrogen) atoms.